The molecule has 0 aliphatic rings. The normalized spacial score (nSPS) is 10.7. The number of amides is 1. The number of carbonyl (C=O) groups excluding carboxylic acids is 1. The number of anilines is 1. The fourth-order valence-electron chi connectivity index (χ4n) is 1.48. The summed E-state index contributed by atoms with van der Waals surface area (Å²) in [5.74, 6) is 0.446. The average molecular weight is 295 g/mol. The van der Waals surface area contributed by atoms with Crippen molar-refractivity contribution >= 4 is 11.7 Å². The Morgan fingerprint density at radius 3 is 2.67 bits per heavy atom. The van der Waals surface area contributed by atoms with Gasteiger partial charge < -0.3 is 20.3 Å². The van der Waals surface area contributed by atoms with Crippen molar-refractivity contribution in [1.82, 2.24) is 20.4 Å². The van der Waals surface area contributed by atoms with Crippen LogP contribution in [-0.4, -0.2) is 67.9 Å². The molecular formula is C14H25N5O2. The summed E-state index contributed by atoms with van der Waals surface area (Å²) in [5.41, 5.74) is 0.310. The van der Waals surface area contributed by atoms with E-state index in [0.29, 0.717) is 31.3 Å². The number of hydrogen-bond acceptors (Lipinski definition) is 6. The van der Waals surface area contributed by atoms with E-state index in [-0.39, 0.29) is 5.91 Å². The monoisotopic (exact) mass is 295 g/mol. The maximum Gasteiger partial charge on any atom is 0.271 e. The molecule has 2 N–H and O–H groups in total. The van der Waals surface area contributed by atoms with Crippen LogP contribution in [0.5, 0.6) is 0 Å². The molecule has 0 atom stereocenters. The topological polar surface area (TPSA) is 79.4 Å². The molecule has 0 aliphatic carbocycles. The number of ether oxygens (including phenoxy) is 1. The summed E-state index contributed by atoms with van der Waals surface area (Å²) in [7, 11) is 3.98. The fourth-order valence-corrected chi connectivity index (χ4v) is 1.48. The number of nitrogens with one attached hydrogen (secondary N) is 2. The smallest absolute Gasteiger partial charge is 0.271 e. The molecule has 0 unspecified atom stereocenters. The van der Waals surface area contributed by atoms with Crippen LogP contribution in [0.25, 0.3) is 0 Å². The summed E-state index contributed by atoms with van der Waals surface area (Å²) >= 11 is 0. The van der Waals surface area contributed by atoms with E-state index >= 15 is 0 Å². The summed E-state index contributed by atoms with van der Waals surface area (Å²) < 4.78 is 5.39. The summed E-state index contributed by atoms with van der Waals surface area (Å²) in [6.45, 7) is 5.38. The highest BCUT2D eigenvalue weighted by Crippen LogP contribution is 2.01. The molecule has 7 nitrogen and oxygen atoms in total. The van der Waals surface area contributed by atoms with Gasteiger partial charge in [-0.25, -0.2) is 0 Å². The summed E-state index contributed by atoms with van der Waals surface area (Å²) in [4.78, 5) is 13.9. The first-order valence-corrected chi connectivity index (χ1v) is 7.21. The van der Waals surface area contributed by atoms with Gasteiger partial charge in [0.2, 0.25) is 0 Å². The fraction of sp³-hybridized carbons (Fsp3) is 0.643. The molecule has 118 valence electrons. The second-order valence-corrected chi connectivity index (χ2v) is 4.90. The number of hydrogen-bond donors (Lipinski definition) is 2. The van der Waals surface area contributed by atoms with Gasteiger partial charge in [0.1, 0.15) is 5.82 Å². The van der Waals surface area contributed by atoms with Crippen LogP contribution < -0.4 is 10.6 Å². The minimum Gasteiger partial charge on any atom is -0.378 e. The lowest BCUT2D eigenvalue weighted by Crippen LogP contribution is -2.29. The summed E-state index contributed by atoms with van der Waals surface area (Å²) in [6, 6.07) is 3.42. The molecular weight excluding hydrogens is 270 g/mol. The van der Waals surface area contributed by atoms with Crippen molar-refractivity contribution in [2.75, 3.05) is 52.3 Å². The Balaban J connectivity index is 2.22. The molecule has 0 spiro atoms. The minimum atomic E-state index is -0.235. The zero-order chi connectivity index (χ0) is 15.5. The van der Waals surface area contributed by atoms with Gasteiger partial charge in [-0.2, -0.15) is 0 Å². The van der Waals surface area contributed by atoms with Crippen LogP contribution in [0, 0.1) is 0 Å². The van der Waals surface area contributed by atoms with Gasteiger partial charge >= 0.3 is 0 Å². The lowest BCUT2D eigenvalue weighted by atomic mass is 10.3. The van der Waals surface area contributed by atoms with Crippen LogP contribution in [0.2, 0.25) is 0 Å². The molecule has 1 rings (SSSR count). The largest absolute Gasteiger partial charge is 0.378 e. The van der Waals surface area contributed by atoms with E-state index < -0.39 is 0 Å². The van der Waals surface area contributed by atoms with Crippen LogP contribution in [0.15, 0.2) is 12.1 Å². The quantitative estimate of drug-likeness (QED) is 0.616. The van der Waals surface area contributed by atoms with Crippen LogP contribution in [0.3, 0.4) is 0 Å². The van der Waals surface area contributed by atoms with Crippen LogP contribution in [0.1, 0.15) is 23.8 Å². The molecule has 0 bridgehead atoms. The third kappa shape index (κ3) is 7.57. The lowest BCUT2D eigenvalue weighted by molar-refractivity contribution is 0.0895. The molecule has 1 aromatic heterocycles. The first-order chi connectivity index (χ1) is 10.1. The van der Waals surface area contributed by atoms with Gasteiger partial charge in [0.05, 0.1) is 13.2 Å². The second-order valence-electron chi connectivity index (χ2n) is 4.90. The third-order valence-electron chi connectivity index (χ3n) is 2.67. The van der Waals surface area contributed by atoms with Crippen molar-refractivity contribution in [3.8, 4) is 0 Å². The van der Waals surface area contributed by atoms with Gasteiger partial charge in [-0.05, 0) is 32.6 Å². The molecule has 0 saturated carbocycles. The third-order valence-corrected chi connectivity index (χ3v) is 2.67. The highest BCUT2D eigenvalue weighted by atomic mass is 16.5. The number of rotatable bonds is 10. The highest BCUT2D eigenvalue weighted by molar-refractivity contribution is 5.92. The minimum absolute atomic E-state index is 0.235. The van der Waals surface area contributed by atoms with E-state index in [9.17, 15) is 4.79 Å². The van der Waals surface area contributed by atoms with E-state index in [1.54, 1.807) is 12.1 Å². The first-order valence-electron chi connectivity index (χ1n) is 7.21. The van der Waals surface area contributed by atoms with Gasteiger partial charge in [-0.15, -0.1) is 10.2 Å². The van der Waals surface area contributed by atoms with Crippen molar-refractivity contribution in [3.05, 3.63) is 17.8 Å². The Kier molecular flexibility index (Phi) is 8.30. The maximum atomic E-state index is 11.8. The molecule has 1 amide bonds. The molecule has 0 aliphatic heterocycles. The van der Waals surface area contributed by atoms with E-state index in [1.807, 2.05) is 19.0 Å². The Hall–Kier alpha value is -1.73. The standard InChI is InChI=1S/C14H25N5O2/c1-4-7-15-13-6-5-12(17-18-13)14(20)16-8-10-21-11-9-19(2)3/h5-6H,4,7-11H2,1-3H3,(H,15,18)(H,16,20). The summed E-state index contributed by atoms with van der Waals surface area (Å²) in [5, 5.41) is 13.7. The molecule has 1 heterocycles. The molecule has 21 heavy (non-hydrogen) atoms. The molecule has 0 radical (unpaired) electrons. The molecule has 0 fully saturated rings. The van der Waals surface area contributed by atoms with Crippen LogP contribution >= 0.6 is 0 Å². The van der Waals surface area contributed by atoms with Crippen molar-refractivity contribution in [3.63, 3.8) is 0 Å². The van der Waals surface area contributed by atoms with Crippen molar-refractivity contribution in [2.24, 2.45) is 0 Å². The maximum absolute atomic E-state index is 11.8. The highest BCUT2D eigenvalue weighted by Gasteiger charge is 2.07. The van der Waals surface area contributed by atoms with E-state index in [0.717, 1.165) is 19.5 Å². The zero-order valence-corrected chi connectivity index (χ0v) is 13.1. The Morgan fingerprint density at radius 2 is 2.05 bits per heavy atom. The van der Waals surface area contributed by atoms with Crippen LogP contribution in [0.4, 0.5) is 5.82 Å². The van der Waals surface area contributed by atoms with Crippen molar-refractivity contribution < 1.29 is 9.53 Å². The number of aromatic nitrogens is 2. The number of likely N-dealkylation sites (N-methyl/N-ethyl adjacent to an activating group) is 1. The van der Waals surface area contributed by atoms with Gasteiger partial charge in [-0.1, -0.05) is 6.92 Å². The zero-order valence-electron chi connectivity index (χ0n) is 13.1. The van der Waals surface area contributed by atoms with E-state index in [2.05, 4.69) is 27.8 Å². The lowest BCUT2D eigenvalue weighted by Gasteiger charge is -2.10. The van der Waals surface area contributed by atoms with Gasteiger partial charge in [-0.3, -0.25) is 4.79 Å². The number of nitrogens with zero attached hydrogens (tertiary/aromatic N) is 3. The van der Waals surface area contributed by atoms with Gasteiger partial charge in [0.25, 0.3) is 5.91 Å². The molecule has 1 aromatic rings. The second kappa shape index (κ2) is 10.1. The first kappa shape index (κ1) is 17.3. The average Bonchev–Trinajstić information content (AvgIpc) is 2.48. The summed E-state index contributed by atoms with van der Waals surface area (Å²) in [6.07, 6.45) is 1.01. The predicted molar refractivity (Wildman–Crippen MR) is 82.5 cm³/mol. The van der Waals surface area contributed by atoms with Crippen LogP contribution in [-0.2, 0) is 4.74 Å². The van der Waals surface area contributed by atoms with Crippen molar-refractivity contribution in [2.45, 2.75) is 13.3 Å². The van der Waals surface area contributed by atoms with Gasteiger partial charge in [0, 0.05) is 19.6 Å². The van der Waals surface area contributed by atoms with E-state index in [4.69, 9.17) is 4.74 Å². The predicted octanol–water partition coefficient (Wildman–Crippen LogP) is 0.607. The molecule has 0 aromatic carbocycles. The Labute approximate surface area is 126 Å². The van der Waals surface area contributed by atoms with Gasteiger partial charge in [0.15, 0.2) is 5.69 Å². The van der Waals surface area contributed by atoms with E-state index in [1.165, 1.54) is 0 Å². The van der Waals surface area contributed by atoms with Crippen molar-refractivity contribution in [1.29, 1.82) is 0 Å². The number of carbonyl (C=O) groups is 1. The Morgan fingerprint density at radius 1 is 1.24 bits per heavy atom. The molecule has 7 heteroatoms. The Bertz CT molecular complexity index is 408. The SMILES string of the molecule is CCCNc1ccc(C(=O)NCCOCCN(C)C)nn1. The molecule has 0 saturated heterocycles.